The van der Waals surface area contributed by atoms with Gasteiger partial charge < -0.3 is 18.8 Å². The fraction of sp³-hybridized carbons (Fsp3) is 0.200. The van der Waals surface area contributed by atoms with Gasteiger partial charge in [0.1, 0.15) is 23.0 Å². The number of para-hydroxylation sites is 2. The molecule has 3 aliphatic rings. The third-order valence-corrected chi connectivity index (χ3v) is 8.09. The Bertz CT molecular complexity index is 1510. The highest BCUT2D eigenvalue weighted by molar-refractivity contribution is 6.98. The maximum Gasteiger partial charge on any atom is 0.495 e. The van der Waals surface area contributed by atoms with E-state index in [2.05, 4.69) is 76.2 Å². The summed E-state index contributed by atoms with van der Waals surface area (Å²) in [7, 11) is -0.464. The van der Waals surface area contributed by atoms with E-state index in [-0.39, 0.29) is 6.71 Å². The Hall–Kier alpha value is -3.47. The van der Waals surface area contributed by atoms with Crippen LogP contribution in [0.15, 0.2) is 84.9 Å². The summed E-state index contributed by atoms with van der Waals surface area (Å²) in [4.78, 5) is 0. The van der Waals surface area contributed by atoms with Crippen LogP contribution < -0.4 is 31.3 Å². The van der Waals surface area contributed by atoms with Crippen molar-refractivity contribution in [2.45, 2.75) is 38.9 Å². The summed E-state index contributed by atoms with van der Waals surface area (Å²) in [5.74, 6) is 3.45. The summed E-state index contributed by atoms with van der Waals surface area (Å²) in [6.45, 7) is 8.37. The zero-order chi connectivity index (χ0) is 24.7. The van der Waals surface area contributed by atoms with Crippen LogP contribution >= 0.6 is 0 Å². The highest BCUT2D eigenvalue weighted by Gasteiger charge is 2.52. The molecule has 176 valence electrons. The molecule has 36 heavy (non-hydrogen) atoms. The van der Waals surface area contributed by atoms with Crippen LogP contribution in [0.5, 0.6) is 23.0 Å². The van der Waals surface area contributed by atoms with Crippen molar-refractivity contribution in [1.29, 1.82) is 0 Å². The van der Waals surface area contributed by atoms with Gasteiger partial charge in [-0.2, -0.15) is 0 Å². The molecule has 0 bridgehead atoms. The number of ether oxygens (including phenoxy) is 2. The van der Waals surface area contributed by atoms with E-state index in [1.54, 1.807) is 0 Å². The molecule has 1 saturated heterocycles. The standard InChI is InChI=1S/C30H26B2O4/c1-29(2)30(3,4)36-32(35-29)21-13-6-5-11-19(21)20-12-9-15-23-28(20)34-26-18-10-17-25-27(26)31(23)22-14-7-8-16-24(22)33-25/h5-18H,1-4H3. The van der Waals surface area contributed by atoms with Gasteiger partial charge in [-0.3, -0.25) is 0 Å². The van der Waals surface area contributed by atoms with Crippen molar-refractivity contribution in [3.8, 4) is 34.1 Å². The molecule has 4 aromatic rings. The third-order valence-electron chi connectivity index (χ3n) is 8.09. The second-order valence-corrected chi connectivity index (χ2v) is 10.7. The van der Waals surface area contributed by atoms with Gasteiger partial charge in [-0.25, -0.2) is 0 Å². The lowest BCUT2D eigenvalue weighted by Gasteiger charge is -2.33. The Balaban J connectivity index is 1.41. The quantitative estimate of drug-likeness (QED) is 0.351. The predicted octanol–water partition coefficient (Wildman–Crippen LogP) is 4.38. The summed E-state index contributed by atoms with van der Waals surface area (Å²) in [5, 5.41) is 0. The van der Waals surface area contributed by atoms with E-state index in [9.17, 15) is 0 Å². The molecule has 0 spiro atoms. The van der Waals surface area contributed by atoms with Crippen LogP contribution in [-0.2, 0) is 9.31 Å². The van der Waals surface area contributed by atoms with Crippen molar-refractivity contribution in [2.24, 2.45) is 0 Å². The van der Waals surface area contributed by atoms with Crippen LogP contribution in [0.2, 0.25) is 0 Å². The Labute approximate surface area is 212 Å². The smallest absolute Gasteiger partial charge is 0.458 e. The van der Waals surface area contributed by atoms with Crippen molar-refractivity contribution in [2.75, 3.05) is 0 Å². The lowest BCUT2D eigenvalue weighted by Crippen LogP contribution is -2.57. The van der Waals surface area contributed by atoms with E-state index < -0.39 is 18.3 Å². The van der Waals surface area contributed by atoms with E-state index >= 15 is 0 Å². The van der Waals surface area contributed by atoms with Gasteiger partial charge in [-0.15, -0.1) is 0 Å². The van der Waals surface area contributed by atoms with Gasteiger partial charge in [0.2, 0.25) is 0 Å². The van der Waals surface area contributed by atoms with Crippen LogP contribution in [0.25, 0.3) is 11.1 Å². The van der Waals surface area contributed by atoms with Crippen molar-refractivity contribution in [1.82, 2.24) is 0 Å². The van der Waals surface area contributed by atoms with E-state index in [0.717, 1.165) is 56.0 Å². The monoisotopic (exact) mass is 472 g/mol. The van der Waals surface area contributed by atoms with Crippen LogP contribution in [0.4, 0.5) is 0 Å². The minimum atomic E-state index is -0.464. The normalized spacial score (nSPS) is 18.0. The Kier molecular flexibility index (Phi) is 4.55. The lowest BCUT2D eigenvalue weighted by molar-refractivity contribution is 0.00578. The van der Waals surface area contributed by atoms with E-state index in [0.29, 0.717) is 0 Å². The number of rotatable bonds is 2. The van der Waals surface area contributed by atoms with Gasteiger partial charge in [0.25, 0.3) is 6.71 Å². The maximum absolute atomic E-state index is 6.66. The first-order valence-electron chi connectivity index (χ1n) is 12.5. The minimum absolute atomic E-state index is 0.0360. The van der Waals surface area contributed by atoms with Crippen LogP contribution in [0, 0.1) is 0 Å². The molecule has 7 rings (SSSR count). The Morgan fingerprint density at radius 1 is 0.528 bits per heavy atom. The molecule has 0 radical (unpaired) electrons. The van der Waals surface area contributed by atoms with E-state index in [1.165, 1.54) is 0 Å². The maximum atomic E-state index is 6.66. The van der Waals surface area contributed by atoms with Gasteiger partial charge in [0.15, 0.2) is 0 Å². The molecule has 0 aromatic heterocycles. The second kappa shape index (κ2) is 7.52. The topological polar surface area (TPSA) is 36.9 Å². The van der Waals surface area contributed by atoms with Gasteiger partial charge in [0, 0.05) is 11.0 Å². The van der Waals surface area contributed by atoms with Crippen LogP contribution in [0.1, 0.15) is 27.7 Å². The molecule has 3 heterocycles. The van der Waals surface area contributed by atoms with E-state index in [1.807, 2.05) is 36.4 Å². The predicted molar refractivity (Wildman–Crippen MR) is 145 cm³/mol. The molecule has 0 unspecified atom stereocenters. The molecule has 1 fully saturated rings. The number of hydrogen-bond donors (Lipinski definition) is 0. The first kappa shape index (κ1) is 21.8. The molecule has 0 atom stereocenters. The number of fused-ring (bicyclic) bond motifs is 4. The summed E-state index contributed by atoms with van der Waals surface area (Å²) < 4.78 is 25.8. The second-order valence-electron chi connectivity index (χ2n) is 10.7. The fourth-order valence-corrected chi connectivity index (χ4v) is 5.53. The van der Waals surface area contributed by atoms with E-state index in [4.69, 9.17) is 18.8 Å². The summed E-state index contributed by atoms with van der Waals surface area (Å²) >= 11 is 0. The van der Waals surface area contributed by atoms with Gasteiger partial charge in [0.05, 0.1) is 11.2 Å². The third kappa shape index (κ3) is 3.04. The first-order chi connectivity index (χ1) is 17.3. The van der Waals surface area contributed by atoms with Gasteiger partial charge >= 0.3 is 7.12 Å². The first-order valence-corrected chi connectivity index (χ1v) is 12.5. The molecule has 0 aliphatic carbocycles. The van der Waals surface area contributed by atoms with Crippen molar-refractivity contribution in [3.63, 3.8) is 0 Å². The number of benzene rings is 4. The SMILES string of the molecule is CC1(C)OB(c2ccccc2-c2cccc3c2Oc2cccc4c2B3c2ccccc2O4)OC1(C)C. The van der Waals surface area contributed by atoms with Crippen molar-refractivity contribution >= 4 is 35.7 Å². The molecule has 3 aliphatic heterocycles. The molecule has 0 amide bonds. The molecule has 0 saturated carbocycles. The van der Waals surface area contributed by atoms with Gasteiger partial charge in [-0.05, 0) is 67.8 Å². The average molecular weight is 472 g/mol. The molecular formula is C30H26B2O4. The lowest BCUT2D eigenvalue weighted by atomic mass is 9.34. The number of hydrogen-bond acceptors (Lipinski definition) is 4. The Morgan fingerprint density at radius 3 is 1.86 bits per heavy atom. The van der Waals surface area contributed by atoms with Crippen LogP contribution in [-0.4, -0.2) is 25.0 Å². The average Bonchev–Trinajstić information content (AvgIpc) is 3.10. The molecule has 4 aromatic carbocycles. The highest BCUT2D eigenvalue weighted by Crippen LogP contribution is 2.40. The summed E-state index contributed by atoms with van der Waals surface area (Å²) in [5.41, 5.74) is 5.60. The summed E-state index contributed by atoms with van der Waals surface area (Å²) in [6, 6.07) is 29.1. The molecular weight excluding hydrogens is 446 g/mol. The molecule has 4 nitrogen and oxygen atoms in total. The zero-order valence-electron chi connectivity index (χ0n) is 20.9. The fourth-order valence-electron chi connectivity index (χ4n) is 5.53. The molecule has 0 N–H and O–H groups in total. The van der Waals surface area contributed by atoms with Crippen LogP contribution in [0.3, 0.4) is 0 Å². The Morgan fingerprint density at radius 2 is 1.08 bits per heavy atom. The largest absolute Gasteiger partial charge is 0.495 e. The zero-order valence-corrected chi connectivity index (χ0v) is 20.9. The van der Waals surface area contributed by atoms with Crippen molar-refractivity contribution in [3.05, 3.63) is 84.9 Å². The highest BCUT2D eigenvalue weighted by atomic mass is 16.7. The minimum Gasteiger partial charge on any atom is -0.458 e. The molecule has 6 heteroatoms. The van der Waals surface area contributed by atoms with Gasteiger partial charge in [-0.1, -0.05) is 66.7 Å². The van der Waals surface area contributed by atoms with Crippen molar-refractivity contribution < 1.29 is 18.8 Å². The summed E-state index contributed by atoms with van der Waals surface area (Å²) in [6.07, 6.45) is 0.